The van der Waals surface area contributed by atoms with E-state index in [1.807, 2.05) is 13.5 Å². The summed E-state index contributed by atoms with van der Waals surface area (Å²) in [7, 11) is -0.870. The van der Waals surface area contributed by atoms with Gasteiger partial charge in [0, 0.05) is 41.0 Å². The predicted octanol–water partition coefficient (Wildman–Crippen LogP) is 0.425. The smallest absolute Gasteiger partial charge is 0.395 e. The van der Waals surface area contributed by atoms with Crippen molar-refractivity contribution in [1.82, 2.24) is 5.32 Å². The van der Waals surface area contributed by atoms with Crippen LogP contribution in [0.2, 0.25) is 12.6 Å². The first-order chi connectivity index (χ1) is 9.51. The lowest BCUT2D eigenvalue weighted by Gasteiger charge is -2.34. The van der Waals surface area contributed by atoms with E-state index in [4.69, 9.17) is 27.6 Å². The average Bonchev–Trinajstić information content (AvgIpc) is 2.45. The van der Waals surface area contributed by atoms with Crippen LogP contribution in [0.25, 0.3) is 0 Å². The van der Waals surface area contributed by atoms with Gasteiger partial charge in [0.2, 0.25) is 0 Å². The molecule has 7 nitrogen and oxygen atoms in total. The van der Waals surface area contributed by atoms with Gasteiger partial charge in [-0.1, -0.05) is 0 Å². The van der Waals surface area contributed by atoms with Crippen molar-refractivity contribution in [3.05, 3.63) is 0 Å². The highest BCUT2D eigenvalue weighted by Gasteiger charge is 2.50. The molecule has 0 radical (unpaired) electrons. The van der Waals surface area contributed by atoms with Crippen molar-refractivity contribution >= 4 is 17.6 Å². The Balaban J connectivity index is 4.49. The summed E-state index contributed by atoms with van der Waals surface area (Å²) in [5.41, 5.74) is 5.43. The highest BCUT2D eigenvalue weighted by atomic mass is 28.5. The molecule has 0 spiro atoms. The second-order valence-corrected chi connectivity index (χ2v) is 10.5. The number of nitrogens with two attached hydrogens (primary N) is 1. The minimum Gasteiger partial charge on any atom is -0.395 e. The summed E-state index contributed by atoms with van der Waals surface area (Å²) in [6.07, 6.45) is 0.949. The lowest BCUT2D eigenvalue weighted by Crippen LogP contribution is -2.56. The van der Waals surface area contributed by atoms with Gasteiger partial charge >= 0.3 is 17.6 Å². The zero-order chi connectivity index (χ0) is 15.5. The molecule has 0 rings (SSSR count). The number of nitrogens with one attached hydrogen (secondary N) is 1. The summed E-state index contributed by atoms with van der Waals surface area (Å²) in [5.74, 6) is 0. The summed E-state index contributed by atoms with van der Waals surface area (Å²) in [4.78, 5) is 0. The zero-order valence-corrected chi connectivity index (χ0v) is 15.4. The van der Waals surface area contributed by atoms with Crippen LogP contribution >= 0.6 is 0 Å². The van der Waals surface area contributed by atoms with Gasteiger partial charge in [-0.05, 0) is 32.5 Å². The first kappa shape index (κ1) is 20.2. The molecule has 1 unspecified atom stereocenters. The van der Waals surface area contributed by atoms with Crippen LogP contribution in [-0.4, -0.2) is 65.2 Å². The summed E-state index contributed by atoms with van der Waals surface area (Å²) in [5, 5.41) is 3.26. The topological polar surface area (TPSA) is 84.2 Å². The van der Waals surface area contributed by atoms with Crippen LogP contribution in [0.3, 0.4) is 0 Å². The number of hydrogen-bond acceptors (Lipinski definition) is 7. The Labute approximate surface area is 124 Å². The minimum atomic E-state index is -3.07. The van der Waals surface area contributed by atoms with E-state index < -0.39 is 17.6 Å². The van der Waals surface area contributed by atoms with Gasteiger partial charge in [-0.15, -0.1) is 0 Å². The van der Waals surface area contributed by atoms with Gasteiger partial charge in [-0.3, -0.25) is 0 Å². The van der Waals surface area contributed by atoms with E-state index in [-0.39, 0.29) is 0 Å². The maximum atomic E-state index is 6.06. The van der Waals surface area contributed by atoms with Gasteiger partial charge in [0.05, 0.1) is 0 Å². The van der Waals surface area contributed by atoms with Crippen LogP contribution in [0.1, 0.15) is 13.3 Å². The van der Waals surface area contributed by atoms with E-state index in [1.54, 1.807) is 0 Å². The fourth-order valence-corrected chi connectivity index (χ4v) is 7.69. The van der Waals surface area contributed by atoms with E-state index in [0.717, 1.165) is 25.6 Å². The van der Waals surface area contributed by atoms with E-state index in [1.165, 1.54) is 21.3 Å². The molecular weight excluding hydrogens is 296 g/mol. The molecule has 20 heavy (non-hydrogen) atoms. The Kier molecular flexibility index (Phi) is 10.9. The van der Waals surface area contributed by atoms with Crippen molar-refractivity contribution in [2.75, 3.05) is 47.6 Å². The van der Waals surface area contributed by atoms with Crippen molar-refractivity contribution < 1.29 is 21.8 Å². The second-order valence-electron chi connectivity index (χ2n) is 4.42. The maximum Gasteiger partial charge on any atom is 0.669 e. The molecule has 0 aliphatic carbocycles. The summed E-state index contributed by atoms with van der Waals surface area (Å²) in [6.45, 7) is 6.91. The van der Waals surface area contributed by atoms with Gasteiger partial charge in [-0.25, -0.2) is 0 Å². The fraction of sp³-hybridized carbons (Fsp3) is 1.00. The van der Waals surface area contributed by atoms with Crippen LogP contribution in [0.5, 0.6) is 0 Å². The zero-order valence-electron chi connectivity index (χ0n) is 13.4. The van der Waals surface area contributed by atoms with Crippen LogP contribution in [0, 0.1) is 0 Å². The normalized spacial score (nSPS) is 15.3. The van der Waals surface area contributed by atoms with Gasteiger partial charge < -0.3 is 32.9 Å². The lowest BCUT2D eigenvalue weighted by atomic mass is 10.5. The molecule has 0 aliphatic rings. The molecule has 1 atom stereocenters. The number of hydrogen-bond donors (Lipinski definition) is 2. The third kappa shape index (κ3) is 7.24. The van der Waals surface area contributed by atoms with E-state index in [9.17, 15) is 0 Å². The Morgan fingerprint density at radius 2 is 1.65 bits per heavy atom. The molecular formula is C11H30N2O5Si2. The van der Waals surface area contributed by atoms with Crippen molar-refractivity contribution in [3.8, 4) is 0 Å². The maximum absolute atomic E-state index is 6.06. The highest BCUT2D eigenvalue weighted by Crippen LogP contribution is 2.22. The Morgan fingerprint density at radius 3 is 2.10 bits per heavy atom. The SMILES string of the molecule is CCO[Si](C)(CCCNCCN)O[Si](OC)(OC)OC. The molecule has 0 aromatic rings. The fourth-order valence-electron chi connectivity index (χ4n) is 1.86. The van der Waals surface area contributed by atoms with Gasteiger partial charge in [0.25, 0.3) is 0 Å². The average molecular weight is 327 g/mol. The number of rotatable bonds is 13. The third-order valence-electron chi connectivity index (χ3n) is 2.85. The van der Waals surface area contributed by atoms with E-state index in [0.29, 0.717) is 13.2 Å². The molecule has 9 heteroatoms. The van der Waals surface area contributed by atoms with Crippen LogP contribution in [-0.2, 0) is 21.8 Å². The molecule has 0 saturated heterocycles. The first-order valence-corrected chi connectivity index (χ1v) is 11.1. The lowest BCUT2D eigenvalue weighted by molar-refractivity contribution is 0.0345. The van der Waals surface area contributed by atoms with Gasteiger partial charge in [0.15, 0.2) is 0 Å². The molecule has 3 N–H and O–H groups in total. The molecule has 0 fully saturated rings. The van der Waals surface area contributed by atoms with Gasteiger partial charge in [0.1, 0.15) is 0 Å². The van der Waals surface area contributed by atoms with Crippen molar-refractivity contribution in [2.45, 2.75) is 25.9 Å². The molecule has 0 amide bonds. The van der Waals surface area contributed by atoms with Crippen molar-refractivity contribution in [1.29, 1.82) is 0 Å². The molecule has 0 saturated carbocycles. The Bertz CT molecular complexity index is 239. The van der Waals surface area contributed by atoms with Crippen molar-refractivity contribution in [3.63, 3.8) is 0 Å². The van der Waals surface area contributed by atoms with E-state index in [2.05, 4.69) is 5.32 Å². The molecule has 0 heterocycles. The van der Waals surface area contributed by atoms with E-state index >= 15 is 0 Å². The van der Waals surface area contributed by atoms with Crippen molar-refractivity contribution in [2.24, 2.45) is 5.73 Å². The molecule has 122 valence electrons. The summed E-state index contributed by atoms with van der Waals surface area (Å²) in [6, 6.07) is 0.837. The Hall–Kier alpha value is 0.154. The monoisotopic (exact) mass is 326 g/mol. The summed E-state index contributed by atoms with van der Waals surface area (Å²) < 4.78 is 27.9. The summed E-state index contributed by atoms with van der Waals surface area (Å²) >= 11 is 0. The standard InChI is InChI=1S/C11H30N2O5Si2/c1-6-17-19(5,11-7-9-13-10-8-12)18-20(14-2,15-3)16-4/h13H,6-12H2,1-5H3. The van der Waals surface area contributed by atoms with Crippen LogP contribution < -0.4 is 11.1 Å². The van der Waals surface area contributed by atoms with Crippen LogP contribution in [0.4, 0.5) is 0 Å². The quantitative estimate of drug-likeness (QED) is 0.375. The minimum absolute atomic E-state index is 0.598. The Morgan fingerprint density at radius 1 is 1.05 bits per heavy atom. The highest BCUT2D eigenvalue weighted by molar-refractivity contribution is 6.75. The molecule has 0 aromatic carbocycles. The molecule has 0 aromatic heterocycles. The predicted molar refractivity (Wildman–Crippen MR) is 82.5 cm³/mol. The molecule has 0 aliphatic heterocycles. The molecule has 0 bridgehead atoms. The van der Waals surface area contributed by atoms with Crippen LogP contribution in [0.15, 0.2) is 0 Å². The largest absolute Gasteiger partial charge is 0.669 e. The second kappa shape index (κ2) is 10.8. The van der Waals surface area contributed by atoms with Gasteiger partial charge in [-0.2, -0.15) is 0 Å². The first-order valence-electron chi connectivity index (χ1n) is 6.91. The third-order valence-corrected chi connectivity index (χ3v) is 9.23.